The Morgan fingerprint density at radius 2 is 2.19 bits per heavy atom. The average Bonchev–Trinajstić information content (AvgIpc) is 3.12. The zero-order chi connectivity index (χ0) is 18.5. The Kier molecular flexibility index (Phi) is 5.85. The Hall–Kier alpha value is -2.44. The van der Waals surface area contributed by atoms with E-state index in [0.29, 0.717) is 29.3 Å². The van der Waals surface area contributed by atoms with Crippen molar-refractivity contribution in [2.75, 3.05) is 12.4 Å². The maximum absolute atomic E-state index is 12.3. The number of methoxy groups -OCH3 is 1. The molecule has 3 aromatic rings. The summed E-state index contributed by atoms with van der Waals surface area (Å²) in [5.74, 6) is 0.442. The molecule has 0 aliphatic carbocycles. The quantitative estimate of drug-likeness (QED) is 0.663. The lowest BCUT2D eigenvalue weighted by Gasteiger charge is -2.12. The van der Waals surface area contributed by atoms with Gasteiger partial charge in [0, 0.05) is 29.1 Å². The third-order valence-electron chi connectivity index (χ3n) is 3.80. The highest BCUT2D eigenvalue weighted by Crippen LogP contribution is 2.31. The maximum atomic E-state index is 12.3. The van der Waals surface area contributed by atoms with Crippen LogP contribution in [-0.2, 0) is 11.2 Å². The van der Waals surface area contributed by atoms with E-state index < -0.39 is 0 Å². The Morgan fingerprint density at radius 3 is 2.92 bits per heavy atom. The van der Waals surface area contributed by atoms with Crippen LogP contribution in [0, 0.1) is 6.92 Å². The molecule has 0 fully saturated rings. The van der Waals surface area contributed by atoms with Crippen molar-refractivity contribution in [2.24, 2.45) is 0 Å². The van der Waals surface area contributed by atoms with Gasteiger partial charge in [0.1, 0.15) is 10.8 Å². The first-order valence-corrected chi connectivity index (χ1v) is 9.32. The molecule has 0 saturated heterocycles. The Bertz CT molecular complexity index is 912. The van der Waals surface area contributed by atoms with Gasteiger partial charge in [-0.05, 0) is 37.1 Å². The zero-order valence-corrected chi connectivity index (χ0v) is 16.0. The molecule has 1 amide bonds. The molecule has 0 radical (unpaired) electrons. The van der Waals surface area contributed by atoms with Gasteiger partial charge in [0.15, 0.2) is 0 Å². The van der Waals surface area contributed by atoms with Crippen molar-refractivity contribution in [3.63, 3.8) is 0 Å². The predicted molar refractivity (Wildman–Crippen MR) is 105 cm³/mol. The van der Waals surface area contributed by atoms with E-state index in [1.165, 1.54) is 11.3 Å². The van der Waals surface area contributed by atoms with E-state index in [1.54, 1.807) is 25.4 Å². The predicted octanol–water partition coefficient (Wildman–Crippen LogP) is 4.75. The number of pyridine rings is 1. The van der Waals surface area contributed by atoms with Crippen LogP contribution in [0.1, 0.15) is 17.7 Å². The minimum Gasteiger partial charge on any atom is -0.495 e. The molecule has 134 valence electrons. The van der Waals surface area contributed by atoms with E-state index in [1.807, 2.05) is 30.5 Å². The SMILES string of the molecule is COc1cc(Cl)c(C)cc1NC(=O)CCc1csc(-c2ccccn2)n1. The summed E-state index contributed by atoms with van der Waals surface area (Å²) in [5, 5.41) is 6.30. The number of hydrogen-bond donors (Lipinski definition) is 1. The van der Waals surface area contributed by atoms with Crippen LogP contribution in [0.3, 0.4) is 0 Å². The van der Waals surface area contributed by atoms with Gasteiger partial charge in [-0.15, -0.1) is 11.3 Å². The number of carbonyl (C=O) groups excluding carboxylic acids is 1. The van der Waals surface area contributed by atoms with Gasteiger partial charge in [-0.2, -0.15) is 0 Å². The zero-order valence-electron chi connectivity index (χ0n) is 14.5. The normalized spacial score (nSPS) is 10.6. The average molecular weight is 388 g/mol. The highest BCUT2D eigenvalue weighted by atomic mass is 35.5. The first kappa shape index (κ1) is 18.4. The molecule has 0 unspecified atom stereocenters. The molecule has 1 aromatic carbocycles. The van der Waals surface area contributed by atoms with Crippen LogP contribution in [-0.4, -0.2) is 23.0 Å². The number of nitrogens with one attached hydrogen (secondary N) is 1. The number of carbonyl (C=O) groups is 1. The van der Waals surface area contributed by atoms with Gasteiger partial charge in [-0.3, -0.25) is 9.78 Å². The number of amides is 1. The summed E-state index contributed by atoms with van der Waals surface area (Å²) >= 11 is 7.62. The van der Waals surface area contributed by atoms with Crippen LogP contribution in [0.15, 0.2) is 41.9 Å². The molecule has 1 N–H and O–H groups in total. The summed E-state index contributed by atoms with van der Waals surface area (Å²) in [6, 6.07) is 9.23. The lowest BCUT2D eigenvalue weighted by atomic mass is 10.2. The Labute approximate surface area is 161 Å². The minimum absolute atomic E-state index is 0.0996. The monoisotopic (exact) mass is 387 g/mol. The van der Waals surface area contributed by atoms with Gasteiger partial charge in [0.2, 0.25) is 5.91 Å². The molecule has 0 aliphatic heterocycles. The molecule has 0 bridgehead atoms. The lowest BCUT2D eigenvalue weighted by molar-refractivity contribution is -0.116. The second-order valence-electron chi connectivity index (χ2n) is 5.71. The summed E-state index contributed by atoms with van der Waals surface area (Å²) in [4.78, 5) is 21.1. The van der Waals surface area contributed by atoms with Gasteiger partial charge in [-0.1, -0.05) is 17.7 Å². The van der Waals surface area contributed by atoms with Gasteiger partial charge < -0.3 is 10.1 Å². The summed E-state index contributed by atoms with van der Waals surface area (Å²) < 4.78 is 5.28. The molecule has 7 heteroatoms. The van der Waals surface area contributed by atoms with Crippen molar-refractivity contribution in [2.45, 2.75) is 19.8 Å². The number of halogens is 1. The molecule has 3 rings (SSSR count). The van der Waals surface area contributed by atoms with E-state index in [2.05, 4.69) is 15.3 Å². The molecular weight excluding hydrogens is 370 g/mol. The first-order chi connectivity index (χ1) is 12.6. The summed E-state index contributed by atoms with van der Waals surface area (Å²) in [6.07, 6.45) is 2.63. The van der Waals surface area contributed by atoms with Gasteiger partial charge in [-0.25, -0.2) is 4.98 Å². The van der Waals surface area contributed by atoms with E-state index in [9.17, 15) is 4.79 Å². The van der Waals surface area contributed by atoms with Crippen LogP contribution >= 0.6 is 22.9 Å². The number of anilines is 1. The molecule has 2 heterocycles. The van der Waals surface area contributed by atoms with Crippen LogP contribution in [0.2, 0.25) is 5.02 Å². The molecule has 0 aliphatic rings. The summed E-state index contributed by atoms with van der Waals surface area (Å²) in [5.41, 5.74) is 3.22. The van der Waals surface area contributed by atoms with E-state index in [0.717, 1.165) is 22.0 Å². The van der Waals surface area contributed by atoms with Crippen LogP contribution in [0.5, 0.6) is 5.75 Å². The van der Waals surface area contributed by atoms with Crippen molar-refractivity contribution >= 4 is 34.5 Å². The second-order valence-corrected chi connectivity index (χ2v) is 6.97. The standard InChI is InChI=1S/C19H18ClN3O2S/c1-12-9-16(17(25-2)10-14(12)20)23-18(24)7-6-13-11-26-19(22-13)15-5-3-4-8-21-15/h3-5,8-11H,6-7H2,1-2H3,(H,23,24). The van der Waals surface area contributed by atoms with Crippen molar-refractivity contribution < 1.29 is 9.53 Å². The molecule has 5 nitrogen and oxygen atoms in total. The highest BCUT2D eigenvalue weighted by Gasteiger charge is 2.12. The fourth-order valence-electron chi connectivity index (χ4n) is 2.41. The van der Waals surface area contributed by atoms with Crippen LogP contribution in [0.25, 0.3) is 10.7 Å². The van der Waals surface area contributed by atoms with Crippen molar-refractivity contribution in [1.82, 2.24) is 9.97 Å². The third-order valence-corrected chi connectivity index (χ3v) is 5.12. The molecule has 2 aromatic heterocycles. The van der Waals surface area contributed by atoms with Crippen molar-refractivity contribution in [3.8, 4) is 16.5 Å². The number of aryl methyl sites for hydroxylation is 2. The number of rotatable bonds is 6. The number of hydrogen-bond acceptors (Lipinski definition) is 5. The second kappa shape index (κ2) is 8.29. The van der Waals surface area contributed by atoms with Crippen LogP contribution in [0.4, 0.5) is 5.69 Å². The lowest BCUT2D eigenvalue weighted by Crippen LogP contribution is -2.13. The number of thiazole rings is 1. The van der Waals surface area contributed by atoms with Gasteiger partial charge in [0.05, 0.1) is 24.2 Å². The number of aromatic nitrogens is 2. The number of ether oxygens (including phenoxy) is 1. The minimum atomic E-state index is -0.0996. The number of benzene rings is 1. The fraction of sp³-hybridized carbons (Fsp3) is 0.211. The third kappa shape index (κ3) is 4.39. The molecule has 0 atom stereocenters. The Balaban J connectivity index is 1.62. The van der Waals surface area contributed by atoms with E-state index in [4.69, 9.17) is 16.3 Å². The topological polar surface area (TPSA) is 64.1 Å². The molecule has 0 saturated carbocycles. The smallest absolute Gasteiger partial charge is 0.224 e. The summed E-state index contributed by atoms with van der Waals surface area (Å²) in [6.45, 7) is 1.88. The van der Waals surface area contributed by atoms with E-state index >= 15 is 0 Å². The van der Waals surface area contributed by atoms with Gasteiger partial charge in [0.25, 0.3) is 0 Å². The molecule has 26 heavy (non-hydrogen) atoms. The molecule has 0 spiro atoms. The molecular formula is C19H18ClN3O2S. The van der Waals surface area contributed by atoms with Crippen molar-refractivity contribution in [1.29, 1.82) is 0 Å². The number of nitrogens with zero attached hydrogens (tertiary/aromatic N) is 2. The fourth-order valence-corrected chi connectivity index (χ4v) is 3.40. The highest BCUT2D eigenvalue weighted by molar-refractivity contribution is 7.13. The van der Waals surface area contributed by atoms with Crippen LogP contribution < -0.4 is 10.1 Å². The van der Waals surface area contributed by atoms with Gasteiger partial charge >= 0.3 is 0 Å². The largest absolute Gasteiger partial charge is 0.495 e. The Morgan fingerprint density at radius 1 is 1.35 bits per heavy atom. The maximum Gasteiger partial charge on any atom is 0.224 e. The summed E-state index contributed by atoms with van der Waals surface area (Å²) in [7, 11) is 1.55. The first-order valence-electron chi connectivity index (χ1n) is 8.06. The van der Waals surface area contributed by atoms with Crippen molar-refractivity contribution in [3.05, 3.63) is 58.2 Å². The van der Waals surface area contributed by atoms with E-state index in [-0.39, 0.29) is 5.91 Å².